The van der Waals surface area contributed by atoms with Crippen LogP contribution >= 0.6 is 0 Å². The largest absolute Gasteiger partial charge is 0.313 e. The van der Waals surface area contributed by atoms with Gasteiger partial charge in [0.1, 0.15) is 0 Å². The molecule has 4 unspecified atom stereocenters. The lowest BCUT2D eigenvalue weighted by molar-refractivity contribution is 0.244. The number of rotatable bonds is 5. The van der Waals surface area contributed by atoms with E-state index in [0.717, 1.165) is 18.4 Å². The molecule has 0 bridgehead atoms. The topological polar surface area (TPSA) is 29.1 Å². The smallest absolute Gasteiger partial charge is 0.0506 e. The standard InChI is InChI=1S/C16H31NOS/c1-4-17-15-10-9-13(12(2)3)11-16(15)19(18)14-7-5-6-8-14/h12-17H,4-11H2,1-3H3. The molecule has 0 aliphatic heterocycles. The molecule has 2 saturated carbocycles. The van der Waals surface area contributed by atoms with Crippen molar-refractivity contribution in [1.29, 1.82) is 0 Å². The summed E-state index contributed by atoms with van der Waals surface area (Å²) in [7, 11) is -0.613. The van der Waals surface area contributed by atoms with Gasteiger partial charge in [-0.3, -0.25) is 4.21 Å². The molecule has 0 heterocycles. The average molecular weight is 285 g/mol. The Morgan fingerprint density at radius 3 is 2.42 bits per heavy atom. The van der Waals surface area contributed by atoms with E-state index in [0.29, 0.717) is 16.5 Å². The molecule has 2 aliphatic rings. The van der Waals surface area contributed by atoms with Gasteiger partial charge in [0.05, 0.1) is 5.25 Å². The molecular formula is C16H31NOS. The van der Waals surface area contributed by atoms with Crippen LogP contribution in [-0.4, -0.2) is 27.3 Å². The van der Waals surface area contributed by atoms with Crippen LogP contribution in [0.2, 0.25) is 0 Å². The number of nitrogens with one attached hydrogen (secondary N) is 1. The molecule has 112 valence electrons. The maximum absolute atomic E-state index is 12.9. The molecule has 2 fully saturated rings. The van der Waals surface area contributed by atoms with Crippen LogP contribution in [-0.2, 0) is 10.8 Å². The predicted octanol–water partition coefficient (Wildman–Crippen LogP) is 3.48. The molecule has 3 heteroatoms. The summed E-state index contributed by atoms with van der Waals surface area (Å²) in [5.74, 6) is 1.52. The van der Waals surface area contributed by atoms with Gasteiger partial charge in [-0.25, -0.2) is 0 Å². The Kier molecular flexibility index (Phi) is 5.88. The number of hydrogen-bond donors (Lipinski definition) is 1. The Balaban J connectivity index is 2.03. The minimum Gasteiger partial charge on any atom is -0.313 e. The van der Waals surface area contributed by atoms with E-state index in [1.165, 1.54) is 44.9 Å². The van der Waals surface area contributed by atoms with Crippen LogP contribution in [0.1, 0.15) is 65.7 Å². The SMILES string of the molecule is CCNC1CCC(C(C)C)CC1S(=O)C1CCCC1. The van der Waals surface area contributed by atoms with Crippen molar-refractivity contribution in [1.82, 2.24) is 5.32 Å². The molecule has 0 spiro atoms. The van der Waals surface area contributed by atoms with E-state index in [1.807, 2.05) is 0 Å². The Hall–Kier alpha value is 0.110. The van der Waals surface area contributed by atoms with Crippen molar-refractivity contribution in [3.63, 3.8) is 0 Å². The van der Waals surface area contributed by atoms with Crippen LogP contribution in [0.15, 0.2) is 0 Å². The second kappa shape index (κ2) is 7.21. The molecular weight excluding hydrogens is 254 g/mol. The first kappa shape index (κ1) is 15.5. The van der Waals surface area contributed by atoms with Crippen LogP contribution in [0.25, 0.3) is 0 Å². The van der Waals surface area contributed by atoms with E-state index in [-0.39, 0.29) is 0 Å². The minimum absolute atomic E-state index is 0.407. The van der Waals surface area contributed by atoms with Gasteiger partial charge in [0.25, 0.3) is 0 Å². The maximum Gasteiger partial charge on any atom is 0.0506 e. The van der Waals surface area contributed by atoms with Crippen LogP contribution in [0.5, 0.6) is 0 Å². The first-order chi connectivity index (χ1) is 9.13. The molecule has 0 aromatic heterocycles. The fraction of sp³-hybridized carbons (Fsp3) is 1.00. The van der Waals surface area contributed by atoms with Gasteiger partial charge in [0.15, 0.2) is 0 Å². The highest BCUT2D eigenvalue weighted by Crippen LogP contribution is 2.36. The van der Waals surface area contributed by atoms with Gasteiger partial charge < -0.3 is 5.32 Å². The Bertz CT molecular complexity index is 299. The monoisotopic (exact) mass is 285 g/mol. The zero-order chi connectivity index (χ0) is 13.8. The predicted molar refractivity (Wildman–Crippen MR) is 83.8 cm³/mol. The molecule has 0 saturated heterocycles. The van der Waals surface area contributed by atoms with Gasteiger partial charge in [-0.15, -0.1) is 0 Å². The molecule has 0 amide bonds. The van der Waals surface area contributed by atoms with Crippen molar-refractivity contribution in [3.05, 3.63) is 0 Å². The molecule has 4 atom stereocenters. The third-order valence-electron chi connectivity index (χ3n) is 5.17. The third kappa shape index (κ3) is 3.81. The summed E-state index contributed by atoms with van der Waals surface area (Å²) in [6.45, 7) is 7.83. The first-order valence-corrected chi connectivity index (χ1v) is 9.53. The molecule has 2 nitrogen and oxygen atoms in total. The summed E-state index contributed by atoms with van der Waals surface area (Å²) in [6.07, 6.45) is 8.71. The highest BCUT2D eigenvalue weighted by molar-refractivity contribution is 7.86. The van der Waals surface area contributed by atoms with E-state index in [1.54, 1.807) is 0 Å². The van der Waals surface area contributed by atoms with Crippen molar-refractivity contribution in [2.75, 3.05) is 6.54 Å². The first-order valence-electron chi connectivity index (χ1n) is 8.26. The number of hydrogen-bond acceptors (Lipinski definition) is 2. The molecule has 0 aromatic carbocycles. The summed E-state index contributed by atoms with van der Waals surface area (Å²) in [6, 6.07) is 0.501. The fourth-order valence-corrected chi connectivity index (χ4v) is 6.17. The molecule has 2 aliphatic carbocycles. The van der Waals surface area contributed by atoms with E-state index in [4.69, 9.17) is 0 Å². The lowest BCUT2D eigenvalue weighted by atomic mass is 9.79. The van der Waals surface area contributed by atoms with Crippen molar-refractivity contribution in [2.24, 2.45) is 11.8 Å². The van der Waals surface area contributed by atoms with Gasteiger partial charge in [0, 0.05) is 22.1 Å². The molecule has 0 radical (unpaired) electrons. The second-order valence-electron chi connectivity index (χ2n) is 6.75. The lowest BCUT2D eigenvalue weighted by Crippen LogP contribution is -2.48. The van der Waals surface area contributed by atoms with Crippen molar-refractivity contribution < 1.29 is 4.21 Å². The minimum atomic E-state index is -0.613. The Morgan fingerprint density at radius 2 is 1.84 bits per heavy atom. The molecule has 1 N–H and O–H groups in total. The Morgan fingerprint density at radius 1 is 1.16 bits per heavy atom. The van der Waals surface area contributed by atoms with Crippen LogP contribution in [0, 0.1) is 11.8 Å². The van der Waals surface area contributed by atoms with Gasteiger partial charge >= 0.3 is 0 Å². The van der Waals surface area contributed by atoms with Gasteiger partial charge in [-0.05, 0) is 50.5 Å². The fourth-order valence-electron chi connectivity index (χ4n) is 3.89. The van der Waals surface area contributed by atoms with Crippen LogP contribution in [0.3, 0.4) is 0 Å². The normalized spacial score (nSPS) is 34.8. The third-order valence-corrected chi connectivity index (χ3v) is 7.42. The Labute approximate surface area is 121 Å². The van der Waals surface area contributed by atoms with Gasteiger partial charge in [-0.2, -0.15) is 0 Å². The molecule has 0 aromatic rings. The maximum atomic E-state index is 12.9. The molecule has 19 heavy (non-hydrogen) atoms. The van der Waals surface area contributed by atoms with Crippen molar-refractivity contribution in [3.8, 4) is 0 Å². The van der Waals surface area contributed by atoms with E-state index in [2.05, 4.69) is 26.1 Å². The van der Waals surface area contributed by atoms with Crippen molar-refractivity contribution in [2.45, 2.75) is 82.3 Å². The highest BCUT2D eigenvalue weighted by atomic mass is 32.2. The van der Waals surface area contributed by atoms with Crippen molar-refractivity contribution >= 4 is 10.8 Å². The summed E-state index contributed by atoms with van der Waals surface area (Å²) in [4.78, 5) is 0. The zero-order valence-electron chi connectivity index (χ0n) is 12.9. The van der Waals surface area contributed by atoms with E-state index >= 15 is 0 Å². The van der Waals surface area contributed by atoms with E-state index < -0.39 is 10.8 Å². The summed E-state index contributed by atoms with van der Waals surface area (Å²) >= 11 is 0. The summed E-state index contributed by atoms with van der Waals surface area (Å²) in [5.41, 5.74) is 0. The average Bonchev–Trinajstić information content (AvgIpc) is 2.92. The summed E-state index contributed by atoms with van der Waals surface area (Å²) < 4.78 is 12.9. The second-order valence-corrected chi connectivity index (χ2v) is 8.68. The van der Waals surface area contributed by atoms with Gasteiger partial charge in [0.2, 0.25) is 0 Å². The lowest BCUT2D eigenvalue weighted by Gasteiger charge is -2.38. The zero-order valence-corrected chi connectivity index (χ0v) is 13.7. The molecule has 2 rings (SSSR count). The highest BCUT2D eigenvalue weighted by Gasteiger charge is 2.38. The van der Waals surface area contributed by atoms with Crippen LogP contribution in [0.4, 0.5) is 0 Å². The van der Waals surface area contributed by atoms with Crippen LogP contribution < -0.4 is 5.32 Å². The van der Waals surface area contributed by atoms with Gasteiger partial charge in [-0.1, -0.05) is 33.6 Å². The van der Waals surface area contributed by atoms with E-state index in [9.17, 15) is 4.21 Å². The quantitative estimate of drug-likeness (QED) is 0.838. The summed E-state index contributed by atoms with van der Waals surface area (Å²) in [5, 5.41) is 4.51.